The molecule has 1 N–H and O–H groups in total. The summed E-state index contributed by atoms with van der Waals surface area (Å²) in [4.78, 5) is 13.6. The van der Waals surface area contributed by atoms with E-state index in [1.165, 1.54) is 10.5 Å². The predicted octanol–water partition coefficient (Wildman–Crippen LogP) is 4.65. The lowest BCUT2D eigenvalue weighted by atomic mass is 9.99. The second kappa shape index (κ2) is 9.99. The minimum absolute atomic E-state index is 0.0314. The van der Waals surface area contributed by atoms with Crippen molar-refractivity contribution in [2.45, 2.75) is 42.2 Å². The molecule has 150 valence electrons. The van der Waals surface area contributed by atoms with Crippen LogP contribution in [0.25, 0.3) is 0 Å². The maximum atomic E-state index is 12.4. The molecule has 5 heteroatoms. The molecule has 0 saturated carbocycles. The molecule has 0 atom stereocenters. The van der Waals surface area contributed by atoms with Crippen LogP contribution in [0, 0.1) is 0 Å². The first kappa shape index (κ1) is 20.7. The highest BCUT2D eigenvalue weighted by Gasteiger charge is 2.34. The molecule has 4 nitrogen and oxygen atoms in total. The van der Waals surface area contributed by atoms with Crippen molar-refractivity contribution in [1.29, 1.82) is 0 Å². The van der Waals surface area contributed by atoms with E-state index in [9.17, 15) is 4.79 Å². The Morgan fingerprint density at radius 2 is 1.79 bits per heavy atom. The average Bonchev–Trinajstić information content (AvgIpc) is 2.72. The van der Waals surface area contributed by atoms with Crippen molar-refractivity contribution < 1.29 is 14.3 Å². The van der Waals surface area contributed by atoms with Crippen molar-refractivity contribution in [3.8, 4) is 5.75 Å². The van der Waals surface area contributed by atoms with Crippen LogP contribution in [0.3, 0.4) is 0 Å². The first-order valence-corrected chi connectivity index (χ1v) is 10.7. The van der Waals surface area contributed by atoms with Crippen LogP contribution in [0.5, 0.6) is 5.75 Å². The van der Waals surface area contributed by atoms with Crippen LogP contribution < -0.4 is 10.1 Å². The second-order valence-electron chi connectivity index (χ2n) is 7.50. The number of ether oxygens (including phenoxy) is 2. The molecule has 0 spiro atoms. The zero-order valence-corrected chi connectivity index (χ0v) is 17.5. The van der Waals surface area contributed by atoms with E-state index in [2.05, 4.69) is 31.3 Å². The van der Waals surface area contributed by atoms with E-state index in [4.69, 9.17) is 9.47 Å². The number of amides is 1. The van der Waals surface area contributed by atoms with Gasteiger partial charge in [0.2, 0.25) is 0 Å². The van der Waals surface area contributed by atoms with E-state index in [1.807, 2.05) is 54.2 Å². The summed E-state index contributed by atoms with van der Waals surface area (Å²) in [5.41, 5.74) is 1.26. The Morgan fingerprint density at radius 3 is 2.43 bits per heavy atom. The number of hydrogen-bond donors (Lipinski definition) is 1. The van der Waals surface area contributed by atoms with Gasteiger partial charge in [0.25, 0.3) is 5.91 Å². The van der Waals surface area contributed by atoms with Crippen LogP contribution in [0.2, 0.25) is 0 Å². The van der Waals surface area contributed by atoms with Gasteiger partial charge >= 0.3 is 0 Å². The van der Waals surface area contributed by atoms with Crippen molar-refractivity contribution in [3.05, 3.63) is 60.2 Å². The highest BCUT2D eigenvalue weighted by Crippen LogP contribution is 2.40. The molecule has 28 heavy (non-hydrogen) atoms. The van der Waals surface area contributed by atoms with Gasteiger partial charge in [-0.05, 0) is 48.6 Å². The Hall–Kier alpha value is -1.98. The Kier molecular flexibility index (Phi) is 7.40. The lowest BCUT2D eigenvalue weighted by molar-refractivity contribution is -0.123. The van der Waals surface area contributed by atoms with E-state index in [0.29, 0.717) is 12.5 Å². The van der Waals surface area contributed by atoms with Gasteiger partial charge in [-0.15, -0.1) is 11.8 Å². The third-order valence-corrected chi connectivity index (χ3v) is 6.50. The summed E-state index contributed by atoms with van der Waals surface area (Å²) in [5.74, 6) is 1.11. The Labute approximate surface area is 172 Å². The predicted molar refractivity (Wildman–Crippen MR) is 114 cm³/mol. The lowest BCUT2D eigenvalue weighted by Gasteiger charge is -2.36. The monoisotopic (exact) mass is 399 g/mol. The fraction of sp³-hybridized carbons (Fsp3) is 0.435. The van der Waals surface area contributed by atoms with Crippen molar-refractivity contribution in [2.75, 3.05) is 26.4 Å². The normalized spacial score (nSPS) is 16.0. The average molecular weight is 400 g/mol. The smallest absolute Gasteiger partial charge is 0.257 e. The molecular weight excluding hydrogens is 370 g/mol. The molecule has 0 radical (unpaired) electrons. The van der Waals surface area contributed by atoms with Gasteiger partial charge in [0.05, 0.1) is 0 Å². The number of carbonyl (C=O) groups is 1. The molecule has 1 fully saturated rings. The van der Waals surface area contributed by atoms with Gasteiger partial charge in [-0.2, -0.15) is 0 Å². The third kappa shape index (κ3) is 6.01. The fourth-order valence-electron chi connectivity index (χ4n) is 3.21. The van der Waals surface area contributed by atoms with E-state index in [1.54, 1.807) is 0 Å². The van der Waals surface area contributed by atoms with Crippen LogP contribution in [-0.2, 0) is 9.53 Å². The van der Waals surface area contributed by atoms with Crippen LogP contribution in [-0.4, -0.2) is 37.0 Å². The van der Waals surface area contributed by atoms with E-state index < -0.39 is 0 Å². The van der Waals surface area contributed by atoms with Crippen molar-refractivity contribution in [1.82, 2.24) is 5.32 Å². The summed E-state index contributed by atoms with van der Waals surface area (Å²) in [6.45, 7) is 6.42. The molecule has 1 heterocycles. The van der Waals surface area contributed by atoms with Crippen LogP contribution in [0.4, 0.5) is 0 Å². The van der Waals surface area contributed by atoms with Gasteiger partial charge in [-0.3, -0.25) is 4.79 Å². The zero-order chi connectivity index (χ0) is 19.8. The molecular formula is C23H29NO3S. The minimum Gasteiger partial charge on any atom is -0.484 e. The molecule has 2 aromatic carbocycles. The third-order valence-electron chi connectivity index (χ3n) is 5.01. The number of rotatable bonds is 8. The number of nitrogens with one attached hydrogen (secondary N) is 1. The molecule has 0 unspecified atom stereocenters. The zero-order valence-electron chi connectivity index (χ0n) is 16.6. The van der Waals surface area contributed by atoms with Gasteiger partial charge < -0.3 is 14.8 Å². The molecule has 1 aliphatic rings. The second-order valence-corrected chi connectivity index (χ2v) is 9.04. The summed E-state index contributed by atoms with van der Waals surface area (Å²) >= 11 is 1.84. The summed E-state index contributed by atoms with van der Waals surface area (Å²) in [7, 11) is 0. The molecule has 3 rings (SSSR count). The summed E-state index contributed by atoms with van der Waals surface area (Å²) in [5, 5.41) is 3.07. The number of carbonyl (C=O) groups excluding carboxylic acids is 1. The standard InChI is InChI=1S/C23H29NO3S/c1-18(2)19-8-10-20(11-9-19)27-16-22(25)24-17-23(12-14-26-15-13-23)28-21-6-4-3-5-7-21/h3-11,18H,12-17H2,1-2H3,(H,24,25). The number of benzene rings is 2. The maximum Gasteiger partial charge on any atom is 0.257 e. The first-order valence-electron chi connectivity index (χ1n) is 9.88. The SMILES string of the molecule is CC(C)c1ccc(OCC(=O)NCC2(Sc3ccccc3)CCOCC2)cc1. The Bertz CT molecular complexity index is 740. The fourth-order valence-corrected chi connectivity index (χ4v) is 4.51. The highest BCUT2D eigenvalue weighted by atomic mass is 32.2. The van der Waals surface area contributed by atoms with Crippen molar-refractivity contribution >= 4 is 17.7 Å². The van der Waals surface area contributed by atoms with Crippen LogP contribution in [0.15, 0.2) is 59.5 Å². The molecule has 0 aromatic heterocycles. The topological polar surface area (TPSA) is 47.6 Å². The minimum atomic E-state index is -0.0903. The van der Waals surface area contributed by atoms with Crippen molar-refractivity contribution in [2.24, 2.45) is 0 Å². The van der Waals surface area contributed by atoms with Crippen LogP contribution in [0.1, 0.15) is 38.2 Å². The quantitative estimate of drug-likeness (QED) is 0.702. The summed E-state index contributed by atoms with van der Waals surface area (Å²) < 4.78 is 11.2. The number of thioether (sulfide) groups is 1. The molecule has 0 aliphatic carbocycles. The maximum absolute atomic E-state index is 12.4. The van der Waals surface area contributed by atoms with E-state index in [0.717, 1.165) is 31.8 Å². The van der Waals surface area contributed by atoms with Gasteiger partial charge in [-0.1, -0.05) is 44.2 Å². The Balaban J connectivity index is 1.52. The van der Waals surface area contributed by atoms with E-state index in [-0.39, 0.29) is 17.3 Å². The van der Waals surface area contributed by atoms with Gasteiger partial charge in [-0.25, -0.2) is 0 Å². The lowest BCUT2D eigenvalue weighted by Crippen LogP contribution is -2.45. The molecule has 1 saturated heterocycles. The largest absolute Gasteiger partial charge is 0.484 e. The highest BCUT2D eigenvalue weighted by molar-refractivity contribution is 8.00. The van der Waals surface area contributed by atoms with Gasteiger partial charge in [0, 0.05) is 29.4 Å². The summed E-state index contributed by atoms with van der Waals surface area (Å²) in [6, 6.07) is 18.3. The molecule has 2 aromatic rings. The first-order chi connectivity index (χ1) is 13.6. The van der Waals surface area contributed by atoms with Crippen LogP contribution >= 0.6 is 11.8 Å². The van der Waals surface area contributed by atoms with E-state index >= 15 is 0 Å². The summed E-state index contributed by atoms with van der Waals surface area (Å²) in [6.07, 6.45) is 1.84. The van der Waals surface area contributed by atoms with Crippen molar-refractivity contribution in [3.63, 3.8) is 0 Å². The molecule has 1 amide bonds. The van der Waals surface area contributed by atoms with Gasteiger partial charge in [0.1, 0.15) is 5.75 Å². The Morgan fingerprint density at radius 1 is 1.11 bits per heavy atom. The number of hydrogen-bond acceptors (Lipinski definition) is 4. The molecule has 1 aliphatic heterocycles. The van der Waals surface area contributed by atoms with Gasteiger partial charge in [0.15, 0.2) is 6.61 Å². The molecule has 0 bridgehead atoms.